The smallest absolute Gasteiger partial charge is 0.145 e. The quantitative estimate of drug-likeness (QED) is 0.533. The van der Waals surface area contributed by atoms with E-state index < -0.39 is 0 Å². The summed E-state index contributed by atoms with van der Waals surface area (Å²) in [5, 5.41) is 3.40. The standard InChI is InChI=1S/C11H19N5O/c1-2-9-14-10(7-11(15-9)16-12)13-8-3-5-17-6-4-8/h7-8H,2-6,12H2,1H3,(H2,13,14,15,16). The lowest BCUT2D eigenvalue weighted by Crippen LogP contribution is -2.28. The molecule has 1 saturated heterocycles. The van der Waals surface area contributed by atoms with Gasteiger partial charge in [0.15, 0.2) is 0 Å². The maximum Gasteiger partial charge on any atom is 0.145 e. The zero-order valence-electron chi connectivity index (χ0n) is 10.1. The van der Waals surface area contributed by atoms with Gasteiger partial charge in [-0.3, -0.25) is 0 Å². The van der Waals surface area contributed by atoms with E-state index >= 15 is 0 Å². The van der Waals surface area contributed by atoms with Crippen molar-refractivity contribution in [2.75, 3.05) is 24.0 Å². The summed E-state index contributed by atoms with van der Waals surface area (Å²) in [6.07, 6.45) is 2.81. The molecule has 2 rings (SSSR count). The van der Waals surface area contributed by atoms with Crippen molar-refractivity contribution in [1.82, 2.24) is 9.97 Å². The number of nitrogens with two attached hydrogens (primary N) is 1. The first-order valence-corrected chi connectivity index (χ1v) is 6.00. The van der Waals surface area contributed by atoms with Gasteiger partial charge in [0.25, 0.3) is 0 Å². The lowest BCUT2D eigenvalue weighted by atomic mass is 10.1. The van der Waals surface area contributed by atoms with Gasteiger partial charge >= 0.3 is 0 Å². The van der Waals surface area contributed by atoms with Crippen molar-refractivity contribution >= 4 is 11.6 Å². The molecule has 0 unspecified atom stereocenters. The SMILES string of the molecule is CCc1nc(NN)cc(NC2CCOCC2)n1. The Morgan fingerprint density at radius 2 is 2.06 bits per heavy atom. The highest BCUT2D eigenvalue weighted by Crippen LogP contribution is 2.16. The minimum absolute atomic E-state index is 0.425. The van der Waals surface area contributed by atoms with Gasteiger partial charge in [-0.05, 0) is 12.8 Å². The van der Waals surface area contributed by atoms with Gasteiger partial charge in [0.2, 0.25) is 0 Å². The van der Waals surface area contributed by atoms with Crippen LogP contribution in [0.4, 0.5) is 11.6 Å². The minimum atomic E-state index is 0.425. The molecule has 4 N–H and O–H groups in total. The third-order valence-corrected chi connectivity index (χ3v) is 2.81. The molecule has 0 amide bonds. The van der Waals surface area contributed by atoms with Crippen LogP contribution in [0.15, 0.2) is 6.07 Å². The maximum atomic E-state index is 5.39. The van der Waals surface area contributed by atoms with E-state index in [0.717, 1.165) is 44.1 Å². The molecule has 0 radical (unpaired) electrons. The summed E-state index contributed by atoms with van der Waals surface area (Å²) in [4.78, 5) is 8.69. The van der Waals surface area contributed by atoms with Gasteiger partial charge in [-0.25, -0.2) is 15.8 Å². The van der Waals surface area contributed by atoms with E-state index in [1.165, 1.54) is 0 Å². The molecule has 1 aliphatic rings. The van der Waals surface area contributed by atoms with Gasteiger partial charge in [-0.1, -0.05) is 6.92 Å². The first-order valence-electron chi connectivity index (χ1n) is 6.00. The van der Waals surface area contributed by atoms with E-state index in [4.69, 9.17) is 10.6 Å². The van der Waals surface area contributed by atoms with Crippen molar-refractivity contribution in [3.05, 3.63) is 11.9 Å². The van der Waals surface area contributed by atoms with Gasteiger partial charge in [0.05, 0.1) is 0 Å². The molecule has 1 aromatic heterocycles. The molecule has 0 aliphatic carbocycles. The Balaban J connectivity index is 2.07. The zero-order chi connectivity index (χ0) is 12.1. The molecular weight excluding hydrogens is 218 g/mol. The largest absolute Gasteiger partial charge is 0.381 e. The maximum absolute atomic E-state index is 5.39. The van der Waals surface area contributed by atoms with Crippen molar-refractivity contribution in [3.8, 4) is 0 Å². The van der Waals surface area contributed by atoms with Crippen molar-refractivity contribution in [2.24, 2.45) is 5.84 Å². The number of nitrogens with one attached hydrogen (secondary N) is 2. The van der Waals surface area contributed by atoms with E-state index in [9.17, 15) is 0 Å². The van der Waals surface area contributed by atoms with Crippen molar-refractivity contribution in [3.63, 3.8) is 0 Å². The summed E-state index contributed by atoms with van der Waals surface area (Å²) in [6.45, 7) is 3.64. The Morgan fingerprint density at radius 1 is 1.35 bits per heavy atom. The summed E-state index contributed by atoms with van der Waals surface area (Å²) < 4.78 is 5.32. The molecule has 17 heavy (non-hydrogen) atoms. The van der Waals surface area contributed by atoms with Gasteiger partial charge < -0.3 is 15.5 Å². The van der Waals surface area contributed by atoms with Crippen LogP contribution >= 0.6 is 0 Å². The Morgan fingerprint density at radius 3 is 2.71 bits per heavy atom. The Labute approximate surface area is 101 Å². The summed E-state index contributed by atoms with van der Waals surface area (Å²) in [5.41, 5.74) is 2.56. The van der Waals surface area contributed by atoms with Crippen LogP contribution in [0.1, 0.15) is 25.6 Å². The highest BCUT2D eigenvalue weighted by atomic mass is 16.5. The van der Waals surface area contributed by atoms with Crippen LogP contribution in [-0.4, -0.2) is 29.2 Å². The lowest BCUT2D eigenvalue weighted by molar-refractivity contribution is 0.0904. The van der Waals surface area contributed by atoms with Crippen LogP contribution < -0.4 is 16.6 Å². The Bertz CT molecular complexity index is 343. The fourth-order valence-corrected chi connectivity index (χ4v) is 1.85. The molecule has 0 saturated carbocycles. The normalized spacial score (nSPS) is 16.8. The first-order chi connectivity index (χ1) is 8.31. The number of hydrazine groups is 1. The molecule has 1 aromatic rings. The fourth-order valence-electron chi connectivity index (χ4n) is 1.85. The summed E-state index contributed by atoms with van der Waals surface area (Å²) in [5.74, 6) is 7.65. The molecular formula is C11H19N5O. The van der Waals surface area contributed by atoms with E-state index in [1.54, 1.807) is 0 Å². The van der Waals surface area contributed by atoms with Crippen molar-refractivity contribution < 1.29 is 4.74 Å². The number of nitrogens with zero attached hydrogens (tertiary/aromatic N) is 2. The monoisotopic (exact) mass is 237 g/mol. The second-order valence-corrected chi connectivity index (χ2v) is 4.08. The average Bonchev–Trinajstić information content (AvgIpc) is 2.39. The van der Waals surface area contributed by atoms with Crippen LogP contribution in [0.3, 0.4) is 0 Å². The number of hydrogen-bond acceptors (Lipinski definition) is 6. The summed E-state index contributed by atoms with van der Waals surface area (Å²) >= 11 is 0. The zero-order valence-corrected chi connectivity index (χ0v) is 10.1. The highest BCUT2D eigenvalue weighted by Gasteiger charge is 2.14. The molecule has 1 aliphatic heterocycles. The van der Waals surface area contributed by atoms with Crippen molar-refractivity contribution in [2.45, 2.75) is 32.2 Å². The lowest BCUT2D eigenvalue weighted by Gasteiger charge is -2.23. The second-order valence-electron chi connectivity index (χ2n) is 4.08. The van der Waals surface area contributed by atoms with E-state index in [1.807, 2.05) is 13.0 Å². The van der Waals surface area contributed by atoms with Gasteiger partial charge in [-0.15, -0.1) is 0 Å². The predicted octanol–water partition coefficient (Wildman–Crippen LogP) is 0.915. The Kier molecular flexibility index (Phi) is 4.11. The molecule has 1 fully saturated rings. The van der Waals surface area contributed by atoms with Gasteiger partial charge in [0, 0.05) is 31.7 Å². The molecule has 0 spiro atoms. The van der Waals surface area contributed by atoms with Crippen LogP contribution in [0.2, 0.25) is 0 Å². The van der Waals surface area contributed by atoms with Crippen LogP contribution in [0, 0.1) is 0 Å². The van der Waals surface area contributed by atoms with Gasteiger partial charge in [0.1, 0.15) is 17.5 Å². The molecule has 0 bridgehead atoms. The summed E-state index contributed by atoms with van der Waals surface area (Å²) in [6, 6.07) is 2.25. The van der Waals surface area contributed by atoms with Crippen LogP contribution in [0.25, 0.3) is 0 Å². The molecule has 0 aromatic carbocycles. The minimum Gasteiger partial charge on any atom is -0.381 e. The van der Waals surface area contributed by atoms with Crippen LogP contribution in [-0.2, 0) is 11.2 Å². The Hall–Kier alpha value is -1.40. The first kappa shape index (κ1) is 12.1. The molecule has 0 atom stereocenters. The molecule has 2 heterocycles. The number of nitrogen functional groups attached to an aromatic ring is 1. The number of ether oxygens (including phenoxy) is 1. The number of anilines is 2. The van der Waals surface area contributed by atoms with Gasteiger partial charge in [-0.2, -0.15) is 0 Å². The number of aryl methyl sites for hydroxylation is 1. The topological polar surface area (TPSA) is 85.1 Å². The fraction of sp³-hybridized carbons (Fsp3) is 0.636. The second kappa shape index (κ2) is 5.79. The molecule has 94 valence electrons. The number of hydrogen-bond donors (Lipinski definition) is 3. The predicted molar refractivity (Wildman–Crippen MR) is 66.7 cm³/mol. The molecule has 6 nitrogen and oxygen atoms in total. The van der Waals surface area contributed by atoms with Crippen LogP contribution in [0.5, 0.6) is 0 Å². The van der Waals surface area contributed by atoms with E-state index in [-0.39, 0.29) is 0 Å². The molecule has 6 heteroatoms. The average molecular weight is 237 g/mol. The van der Waals surface area contributed by atoms with E-state index in [2.05, 4.69) is 20.7 Å². The highest BCUT2D eigenvalue weighted by molar-refractivity contribution is 5.47. The third kappa shape index (κ3) is 3.28. The summed E-state index contributed by atoms with van der Waals surface area (Å²) in [7, 11) is 0. The third-order valence-electron chi connectivity index (χ3n) is 2.81. The van der Waals surface area contributed by atoms with Crippen molar-refractivity contribution in [1.29, 1.82) is 0 Å². The van der Waals surface area contributed by atoms with E-state index in [0.29, 0.717) is 11.9 Å². The number of aromatic nitrogens is 2. The number of rotatable bonds is 4.